The predicted molar refractivity (Wildman–Crippen MR) is 115 cm³/mol. The van der Waals surface area contributed by atoms with E-state index in [1.165, 1.54) is 12.7 Å². The summed E-state index contributed by atoms with van der Waals surface area (Å²) in [6.45, 7) is 0.0935. The van der Waals surface area contributed by atoms with Crippen molar-refractivity contribution in [3.8, 4) is 0 Å². The molecule has 2 aromatic carbocycles. The average Bonchev–Trinajstić information content (AvgIpc) is 3.14. The third-order valence-corrected chi connectivity index (χ3v) is 4.90. The van der Waals surface area contributed by atoms with Crippen molar-refractivity contribution in [3.05, 3.63) is 95.9 Å². The first kappa shape index (κ1) is 19.4. The zero-order valence-electron chi connectivity index (χ0n) is 16.5. The number of carbonyl (C=O) groups is 2. The molecule has 2 heterocycles. The van der Waals surface area contributed by atoms with Gasteiger partial charge in [0, 0.05) is 35.2 Å². The Kier molecular flexibility index (Phi) is 5.57. The van der Waals surface area contributed by atoms with Crippen molar-refractivity contribution >= 4 is 28.5 Å². The highest BCUT2D eigenvalue weighted by molar-refractivity contribution is 6.04. The maximum Gasteiger partial charge on any atom is 0.340 e. The number of methoxy groups -OCH3 is 1. The number of ether oxygens (including phenoxy) is 1. The van der Waals surface area contributed by atoms with Crippen LogP contribution >= 0.6 is 0 Å². The standard InChI is InChI=1S/C24H21N3O3/c1-30-24(29)21-15-27(22-5-3-2-4-20(21)22)16-23(28)26-19-8-6-17(7-9-19)14-18-10-12-25-13-11-18/h2-13,15H,14,16H2,1H3,(H,26,28). The highest BCUT2D eigenvalue weighted by Gasteiger charge is 2.16. The van der Waals surface area contributed by atoms with E-state index in [9.17, 15) is 9.59 Å². The van der Waals surface area contributed by atoms with E-state index in [4.69, 9.17) is 4.74 Å². The summed E-state index contributed by atoms with van der Waals surface area (Å²) in [6, 6.07) is 19.2. The van der Waals surface area contributed by atoms with Crippen LogP contribution in [0.15, 0.2) is 79.3 Å². The van der Waals surface area contributed by atoms with Gasteiger partial charge in [-0.25, -0.2) is 4.79 Å². The van der Waals surface area contributed by atoms with Gasteiger partial charge in [-0.15, -0.1) is 0 Å². The van der Waals surface area contributed by atoms with Crippen LogP contribution in [0.5, 0.6) is 0 Å². The minimum absolute atomic E-state index is 0.0935. The first-order valence-electron chi connectivity index (χ1n) is 9.58. The summed E-state index contributed by atoms with van der Waals surface area (Å²) in [6.07, 6.45) is 6.03. The Morgan fingerprint density at radius 3 is 2.40 bits per heavy atom. The highest BCUT2D eigenvalue weighted by atomic mass is 16.5. The zero-order valence-corrected chi connectivity index (χ0v) is 16.5. The summed E-state index contributed by atoms with van der Waals surface area (Å²) in [5.74, 6) is -0.593. The van der Waals surface area contributed by atoms with E-state index in [0.29, 0.717) is 5.56 Å². The molecule has 1 N–H and O–H groups in total. The van der Waals surface area contributed by atoms with Crippen LogP contribution in [-0.4, -0.2) is 28.5 Å². The van der Waals surface area contributed by atoms with E-state index < -0.39 is 5.97 Å². The van der Waals surface area contributed by atoms with Crippen LogP contribution in [-0.2, 0) is 22.5 Å². The highest BCUT2D eigenvalue weighted by Crippen LogP contribution is 2.22. The number of esters is 1. The van der Waals surface area contributed by atoms with Crippen LogP contribution in [0.1, 0.15) is 21.5 Å². The Morgan fingerprint density at radius 2 is 1.67 bits per heavy atom. The van der Waals surface area contributed by atoms with Crippen molar-refractivity contribution in [2.75, 3.05) is 12.4 Å². The van der Waals surface area contributed by atoms with Gasteiger partial charge in [-0.3, -0.25) is 9.78 Å². The van der Waals surface area contributed by atoms with Crippen molar-refractivity contribution < 1.29 is 14.3 Å². The SMILES string of the molecule is COC(=O)c1cn(CC(=O)Nc2ccc(Cc3ccncc3)cc2)c2ccccc12. The van der Waals surface area contributed by atoms with Crippen LogP contribution in [0.25, 0.3) is 10.9 Å². The third-order valence-electron chi connectivity index (χ3n) is 4.90. The molecule has 6 nitrogen and oxygen atoms in total. The van der Waals surface area contributed by atoms with Gasteiger partial charge in [0.15, 0.2) is 0 Å². The molecule has 4 rings (SSSR count). The number of nitrogens with zero attached hydrogens (tertiary/aromatic N) is 2. The Bertz CT molecular complexity index is 1180. The van der Waals surface area contributed by atoms with Gasteiger partial charge in [0.1, 0.15) is 6.54 Å². The van der Waals surface area contributed by atoms with Crippen LogP contribution in [0.2, 0.25) is 0 Å². The molecule has 6 heteroatoms. The van der Waals surface area contributed by atoms with Crippen LogP contribution in [0.3, 0.4) is 0 Å². The van der Waals surface area contributed by atoms with Crippen molar-refractivity contribution in [2.24, 2.45) is 0 Å². The molecule has 150 valence electrons. The number of fused-ring (bicyclic) bond motifs is 1. The number of aromatic nitrogens is 2. The first-order valence-corrected chi connectivity index (χ1v) is 9.58. The van der Waals surface area contributed by atoms with Crippen LogP contribution in [0, 0.1) is 0 Å². The molecule has 0 bridgehead atoms. The lowest BCUT2D eigenvalue weighted by Crippen LogP contribution is -2.18. The lowest BCUT2D eigenvalue weighted by Gasteiger charge is -2.08. The number of pyridine rings is 1. The molecule has 0 spiro atoms. The summed E-state index contributed by atoms with van der Waals surface area (Å²) in [5, 5.41) is 3.67. The monoisotopic (exact) mass is 399 g/mol. The maximum atomic E-state index is 12.6. The van der Waals surface area contributed by atoms with Gasteiger partial charge in [0.2, 0.25) is 5.91 Å². The van der Waals surface area contributed by atoms with Gasteiger partial charge in [0.05, 0.1) is 12.7 Å². The predicted octanol–water partition coefficient (Wildman–Crippen LogP) is 4.05. The van der Waals surface area contributed by atoms with Gasteiger partial charge in [-0.2, -0.15) is 0 Å². The summed E-state index contributed by atoms with van der Waals surface area (Å²) in [7, 11) is 1.35. The molecule has 2 aromatic heterocycles. The van der Waals surface area contributed by atoms with E-state index in [1.54, 1.807) is 23.2 Å². The van der Waals surface area contributed by atoms with Crippen LogP contribution in [0.4, 0.5) is 5.69 Å². The second kappa shape index (κ2) is 8.61. The van der Waals surface area contributed by atoms with Gasteiger partial charge in [-0.05, 0) is 47.9 Å². The van der Waals surface area contributed by atoms with Gasteiger partial charge in [-0.1, -0.05) is 30.3 Å². The molecule has 0 saturated carbocycles. The zero-order chi connectivity index (χ0) is 20.9. The third kappa shape index (κ3) is 4.22. The van der Waals surface area contributed by atoms with Gasteiger partial charge < -0.3 is 14.6 Å². The minimum Gasteiger partial charge on any atom is -0.465 e. The Labute approximate surface area is 174 Å². The summed E-state index contributed by atoms with van der Waals surface area (Å²) in [4.78, 5) is 28.7. The number of carbonyl (C=O) groups excluding carboxylic acids is 2. The van der Waals surface area contributed by atoms with E-state index in [1.807, 2.05) is 60.7 Å². The number of nitrogens with one attached hydrogen (secondary N) is 1. The van der Waals surface area contributed by atoms with E-state index in [-0.39, 0.29) is 12.5 Å². The summed E-state index contributed by atoms with van der Waals surface area (Å²) >= 11 is 0. The molecule has 0 aliphatic heterocycles. The Morgan fingerprint density at radius 1 is 0.967 bits per heavy atom. The molecule has 0 aliphatic carbocycles. The second-order valence-corrected chi connectivity index (χ2v) is 6.96. The summed E-state index contributed by atoms with van der Waals surface area (Å²) < 4.78 is 6.61. The van der Waals surface area contributed by atoms with Crippen molar-refractivity contribution in [2.45, 2.75) is 13.0 Å². The van der Waals surface area contributed by atoms with E-state index >= 15 is 0 Å². The lowest BCUT2D eigenvalue weighted by atomic mass is 10.1. The molecule has 30 heavy (non-hydrogen) atoms. The van der Waals surface area contributed by atoms with E-state index in [0.717, 1.165) is 28.6 Å². The normalized spacial score (nSPS) is 10.7. The van der Waals surface area contributed by atoms with Gasteiger partial charge in [0.25, 0.3) is 0 Å². The quantitative estimate of drug-likeness (QED) is 0.497. The number of anilines is 1. The molecule has 4 aromatic rings. The lowest BCUT2D eigenvalue weighted by molar-refractivity contribution is -0.116. The topological polar surface area (TPSA) is 73.2 Å². The van der Waals surface area contributed by atoms with Crippen molar-refractivity contribution in [1.29, 1.82) is 0 Å². The molecule has 0 atom stereocenters. The van der Waals surface area contributed by atoms with Crippen molar-refractivity contribution in [1.82, 2.24) is 9.55 Å². The number of hydrogen-bond acceptors (Lipinski definition) is 4. The fourth-order valence-corrected chi connectivity index (χ4v) is 3.45. The molecule has 0 aliphatic rings. The minimum atomic E-state index is -0.421. The Balaban J connectivity index is 1.45. The van der Waals surface area contributed by atoms with Crippen molar-refractivity contribution in [3.63, 3.8) is 0 Å². The maximum absolute atomic E-state index is 12.6. The van der Waals surface area contributed by atoms with Gasteiger partial charge >= 0.3 is 5.97 Å². The smallest absolute Gasteiger partial charge is 0.340 e. The molecular weight excluding hydrogens is 378 g/mol. The number of rotatable bonds is 6. The average molecular weight is 399 g/mol. The molecule has 0 radical (unpaired) electrons. The summed E-state index contributed by atoms with van der Waals surface area (Å²) in [5.41, 5.74) is 4.31. The molecule has 0 unspecified atom stereocenters. The molecule has 0 fully saturated rings. The fourth-order valence-electron chi connectivity index (χ4n) is 3.45. The number of benzene rings is 2. The van der Waals surface area contributed by atoms with E-state index in [2.05, 4.69) is 10.3 Å². The number of amides is 1. The molecule has 0 saturated heterocycles. The molecular formula is C24H21N3O3. The Hall–Kier alpha value is -3.93. The molecule has 1 amide bonds. The first-order chi connectivity index (χ1) is 14.6. The number of para-hydroxylation sites is 1. The largest absolute Gasteiger partial charge is 0.465 e. The second-order valence-electron chi connectivity index (χ2n) is 6.96. The number of hydrogen-bond donors (Lipinski definition) is 1. The fraction of sp³-hybridized carbons (Fsp3) is 0.125. The van der Waals surface area contributed by atoms with Crippen LogP contribution < -0.4 is 5.32 Å².